The summed E-state index contributed by atoms with van der Waals surface area (Å²) < 4.78 is 0. The third kappa shape index (κ3) is 2.61. The molecular formula is C15H17N3O3. The molecule has 2 heterocycles. The van der Waals surface area contributed by atoms with Gasteiger partial charge in [-0.15, -0.1) is 0 Å². The van der Waals surface area contributed by atoms with Gasteiger partial charge in [0.15, 0.2) is 0 Å². The van der Waals surface area contributed by atoms with Crippen LogP contribution in [0.25, 0.3) is 10.9 Å². The van der Waals surface area contributed by atoms with Gasteiger partial charge in [-0.25, -0.2) is 9.78 Å². The number of nitrogens with zero attached hydrogens (tertiary/aromatic N) is 2. The molecule has 6 nitrogen and oxygen atoms in total. The summed E-state index contributed by atoms with van der Waals surface area (Å²) in [4.78, 5) is 32.5. The molecule has 0 aliphatic carbocycles. The Morgan fingerprint density at radius 3 is 3.00 bits per heavy atom. The molecule has 1 atom stereocenters. The maximum Gasteiger partial charge on any atom is 0.335 e. The molecule has 2 aromatic rings. The van der Waals surface area contributed by atoms with Crippen molar-refractivity contribution in [2.45, 2.75) is 19.8 Å². The molecule has 1 fully saturated rings. The molecule has 1 aromatic carbocycles. The van der Waals surface area contributed by atoms with Crippen LogP contribution in [0.15, 0.2) is 23.0 Å². The van der Waals surface area contributed by atoms with Gasteiger partial charge in [0, 0.05) is 13.1 Å². The maximum absolute atomic E-state index is 12.1. The van der Waals surface area contributed by atoms with Gasteiger partial charge in [0.1, 0.15) is 0 Å². The third-order valence-corrected chi connectivity index (χ3v) is 3.90. The second-order valence-electron chi connectivity index (χ2n) is 5.62. The van der Waals surface area contributed by atoms with Gasteiger partial charge in [0.25, 0.3) is 5.56 Å². The number of carbonyl (C=O) groups is 1. The second kappa shape index (κ2) is 5.20. The zero-order valence-corrected chi connectivity index (χ0v) is 11.8. The number of aromatic nitrogens is 2. The number of piperidine rings is 1. The van der Waals surface area contributed by atoms with Gasteiger partial charge in [-0.05, 0) is 37.0 Å². The Morgan fingerprint density at radius 1 is 1.48 bits per heavy atom. The van der Waals surface area contributed by atoms with Crippen LogP contribution in [0.1, 0.15) is 30.1 Å². The lowest BCUT2D eigenvalue weighted by atomic mass is 10.0. The van der Waals surface area contributed by atoms with Gasteiger partial charge < -0.3 is 10.0 Å². The molecule has 0 bridgehead atoms. The standard InChI is InChI=1S/C15H17N3O3/c1-9-3-2-6-18(8-9)15-16-12-7-10(14(20)21)4-5-11(12)13(19)17-15/h4-5,7,9H,2-3,6,8H2,1H3,(H,20,21)(H,16,17,19). The number of rotatable bonds is 2. The fraction of sp³-hybridized carbons (Fsp3) is 0.400. The van der Waals surface area contributed by atoms with E-state index in [1.165, 1.54) is 24.6 Å². The first-order valence-electron chi connectivity index (χ1n) is 7.07. The van der Waals surface area contributed by atoms with E-state index < -0.39 is 5.97 Å². The number of carboxylic acids is 1. The van der Waals surface area contributed by atoms with Gasteiger partial charge in [0.2, 0.25) is 5.95 Å². The molecule has 0 amide bonds. The quantitative estimate of drug-likeness (QED) is 0.880. The molecule has 1 aliphatic heterocycles. The summed E-state index contributed by atoms with van der Waals surface area (Å²) in [5.41, 5.74) is 0.329. The van der Waals surface area contributed by atoms with Crippen molar-refractivity contribution in [3.8, 4) is 0 Å². The summed E-state index contributed by atoms with van der Waals surface area (Å²) in [6.45, 7) is 3.89. The summed E-state index contributed by atoms with van der Waals surface area (Å²) in [5.74, 6) is 0.0684. The lowest BCUT2D eigenvalue weighted by molar-refractivity contribution is 0.0697. The molecule has 1 unspecified atom stereocenters. The Morgan fingerprint density at radius 2 is 2.29 bits per heavy atom. The number of aromatic amines is 1. The number of aromatic carboxylic acids is 1. The fourth-order valence-electron chi connectivity index (χ4n) is 2.79. The number of nitrogens with one attached hydrogen (secondary N) is 1. The van der Waals surface area contributed by atoms with Gasteiger partial charge in [-0.3, -0.25) is 9.78 Å². The van der Waals surface area contributed by atoms with Crippen LogP contribution in [-0.4, -0.2) is 34.1 Å². The first-order chi connectivity index (χ1) is 10.0. The van der Waals surface area contributed by atoms with Crippen molar-refractivity contribution in [2.75, 3.05) is 18.0 Å². The van der Waals surface area contributed by atoms with Crippen molar-refractivity contribution >= 4 is 22.8 Å². The smallest absolute Gasteiger partial charge is 0.335 e. The van der Waals surface area contributed by atoms with Crippen molar-refractivity contribution in [2.24, 2.45) is 5.92 Å². The number of anilines is 1. The Balaban J connectivity index is 2.08. The number of carboxylic acid groups (broad SMARTS) is 1. The Kier molecular flexibility index (Phi) is 3.37. The van der Waals surface area contributed by atoms with Crippen LogP contribution in [0.2, 0.25) is 0 Å². The number of H-pyrrole nitrogens is 1. The number of hydrogen-bond donors (Lipinski definition) is 2. The van der Waals surface area contributed by atoms with E-state index in [2.05, 4.69) is 21.8 Å². The van der Waals surface area contributed by atoms with Crippen molar-refractivity contribution in [1.29, 1.82) is 0 Å². The first kappa shape index (κ1) is 13.6. The molecule has 0 saturated carbocycles. The fourth-order valence-corrected chi connectivity index (χ4v) is 2.79. The van der Waals surface area contributed by atoms with E-state index in [4.69, 9.17) is 5.11 Å². The molecule has 110 valence electrons. The molecule has 6 heteroatoms. The predicted molar refractivity (Wildman–Crippen MR) is 79.9 cm³/mol. The minimum atomic E-state index is -1.02. The molecule has 0 spiro atoms. The number of benzene rings is 1. The molecular weight excluding hydrogens is 270 g/mol. The van der Waals surface area contributed by atoms with Gasteiger partial charge in [-0.2, -0.15) is 0 Å². The molecule has 2 N–H and O–H groups in total. The first-order valence-corrected chi connectivity index (χ1v) is 7.07. The van der Waals surface area contributed by atoms with Crippen molar-refractivity contribution in [3.05, 3.63) is 34.1 Å². The average molecular weight is 287 g/mol. The minimum Gasteiger partial charge on any atom is -0.478 e. The van der Waals surface area contributed by atoms with E-state index in [1.54, 1.807) is 0 Å². The average Bonchev–Trinajstić information content (AvgIpc) is 2.46. The summed E-state index contributed by atoms with van der Waals surface area (Å²) in [6, 6.07) is 4.38. The highest BCUT2D eigenvalue weighted by Crippen LogP contribution is 2.20. The van der Waals surface area contributed by atoms with Crippen molar-refractivity contribution in [1.82, 2.24) is 9.97 Å². The highest BCUT2D eigenvalue weighted by Gasteiger charge is 2.19. The van der Waals surface area contributed by atoms with Crippen LogP contribution >= 0.6 is 0 Å². The predicted octanol–water partition coefficient (Wildman–Crippen LogP) is 1.86. The van der Waals surface area contributed by atoms with E-state index in [-0.39, 0.29) is 11.1 Å². The Labute approximate surface area is 121 Å². The van der Waals surface area contributed by atoms with E-state index >= 15 is 0 Å². The minimum absolute atomic E-state index is 0.138. The molecule has 0 radical (unpaired) electrons. The van der Waals surface area contributed by atoms with E-state index in [0.29, 0.717) is 22.8 Å². The highest BCUT2D eigenvalue weighted by molar-refractivity contribution is 5.93. The number of hydrogen-bond acceptors (Lipinski definition) is 4. The van der Waals surface area contributed by atoms with Crippen LogP contribution < -0.4 is 10.5 Å². The zero-order valence-electron chi connectivity index (χ0n) is 11.8. The summed E-state index contributed by atoms with van der Waals surface area (Å²) in [6.07, 6.45) is 2.25. The second-order valence-corrected chi connectivity index (χ2v) is 5.62. The largest absolute Gasteiger partial charge is 0.478 e. The zero-order chi connectivity index (χ0) is 15.0. The normalized spacial score (nSPS) is 18.9. The molecule has 1 aliphatic rings. The Bertz CT molecular complexity index is 753. The van der Waals surface area contributed by atoms with E-state index in [9.17, 15) is 9.59 Å². The van der Waals surface area contributed by atoms with Crippen LogP contribution in [0, 0.1) is 5.92 Å². The van der Waals surface area contributed by atoms with E-state index in [1.807, 2.05) is 0 Å². The molecule has 1 aromatic heterocycles. The summed E-state index contributed by atoms with van der Waals surface area (Å²) in [5, 5.41) is 9.45. The van der Waals surface area contributed by atoms with Gasteiger partial charge in [-0.1, -0.05) is 6.92 Å². The monoisotopic (exact) mass is 287 g/mol. The van der Waals surface area contributed by atoms with Crippen LogP contribution in [-0.2, 0) is 0 Å². The molecule has 3 rings (SSSR count). The summed E-state index contributed by atoms with van der Waals surface area (Å²) in [7, 11) is 0. The summed E-state index contributed by atoms with van der Waals surface area (Å²) >= 11 is 0. The number of fused-ring (bicyclic) bond motifs is 1. The van der Waals surface area contributed by atoms with Crippen molar-refractivity contribution < 1.29 is 9.90 Å². The lowest BCUT2D eigenvalue weighted by Crippen LogP contribution is -2.36. The van der Waals surface area contributed by atoms with Crippen LogP contribution in [0.5, 0.6) is 0 Å². The molecule has 21 heavy (non-hydrogen) atoms. The SMILES string of the molecule is CC1CCCN(c2nc3cc(C(=O)O)ccc3c(=O)[nH]2)C1. The lowest BCUT2D eigenvalue weighted by Gasteiger charge is -2.31. The molecule has 1 saturated heterocycles. The van der Waals surface area contributed by atoms with Crippen LogP contribution in [0.4, 0.5) is 5.95 Å². The highest BCUT2D eigenvalue weighted by atomic mass is 16.4. The van der Waals surface area contributed by atoms with E-state index in [0.717, 1.165) is 19.5 Å². The van der Waals surface area contributed by atoms with Crippen molar-refractivity contribution in [3.63, 3.8) is 0 Å². The third-order valence-electron chi connectivity index (χ3n) is 3.90. The topological polar surface area (TPSA) is 86.3 Å². The van der Waals surface area contributed by atoms with Gasteiger partial charge in [0.05, 0.1) is 16.5 Å². The Hall–Kier alpha value is -2.37. The maximum atomic E-state index is 12.1. The van der Waals surface area contributed by atoms with Crippen LogP contribution in [0.3, 0.4) is 0 Å². The van der Waals surface area contributed by atoms with Gasteiger partial charge >= 0.3 is 5.97 Å².